The maximum Gasteiger partial charge on any atom is 0.154 e. The zero-order valence-corrected chi connectivity index (χ0v) is 9.93. The van der Waals surface area contributed by atoms with Crippen LogP contribution in [0, 0.1) is 17.6 Å². The van der Waals surface area contributed by atoms with Crippen LogP contribution in [-0.4, -0.2) is 27.3 Å². The van der Waals surface area contributed by atoms with Crippen LogP contribution in [-0.2, 0) is 15.6 Å². The van der Waals surface area contributed by atoms with Crippen molar-refractivity contribution < 1.29 is 17.2 Å². The zero-order chi connectivity index (χ0) is 12.5. The Hall–Kier alpha value is -1.01. The lowest BCUT2D eigenvalue weighted by Gasteiger charge is -2.26. The minimum atomic E-state index is -3.33. The van der Waals surface area contributed by atoms with Crippen LogP contribution in [0.3, 0.4) is 0 Å². The van der Waals surface area contributed by atoms with Crippen molar-refractivity contribution in [3.05, 3.63) is 35.4 Å². The molecule has 0 atom stereocenters. The summed E-state index contributed by atoms with van der Waals surface area (Å²) in [6.45, 7) is 1.37. The van der Waals surface area contributed by atoms with E-state index in [0.29, 0.717) is 19.2 Å². The fourth-order valence-corrected chi connectivity index (χ4v) is 3.54. The molecule has 0 spiro atoms. The molecule has 2 rings (SSSR count). The van der Waals surface area contributed by atoms with Crippen molar-refractivity contribution >= 4 is 9.84 Å². The summed E-state index contributed by atoms with van der Waals surface area (Å²) in [6, 6.07) is 2.95. The molecule has 1 aromatic carbocycles. The third kappa shape index (κ3) is 3.23. The average Bonchev–Trinajstić information content (AvgIpc) is 2.17. The van der Waals surface area contributed by atoms with Gasteiger partial charge in [-0.25, -0.2) is 17.2 Å². The van der Waals surface area contributed by atoms with Gasteiger partial charge in [-0.2, -0.15) is 0 Å². The number of benzene rings is 1. The number of halogens is 2. The third-order valence-corrected chi connectivity index (χ3v) is 4.48. The minimum Gasteiger partial charge on any atom is -0.316 e. The molecule has 1 fully saturated rings. The van der Waals surface area contributed by atoms with Crippen LogP contribution in [0.2, 0.25) is 0 Å². The maximum atomic E-state index is 13.3. The summed E-state index contributed by atoms with van der Waals surface area (Å²) in [5.41, 5.74) is 0.0266. The molecule has 0 aromatic heterocycles. The highest BCUT2D eigenvalue weighted by Gasteiger charge is 2.25. The van der Waals surface area contributed by atoms with Crippen molar-refractivity contribution in [2.45, 2.75) is 5.75 Å². The summed E-state index contributed by atoms with van der Waals surface area (Å²) in [5.74, 6) is -1.71. The lowest BCUT2D eigenvalue weighted by atomic mass is 10.1. The van der Waals surface area contributed by atoms with Crippen molar-refractivity contribution in [2.75, 3.05) is 18.8 Å². The summed E-state index contributed by atoms with van der Waals surface area (Å²) in [6.07, 6.45) is 0. The SMILES string of the molecule is O=S(=O)(Cc1ccc(F)cc1F)CC1CNC1. The smallest absolute Gasteiger partial charge is 0.154 e. The maximum absolute atomic E-state index is 13.3. The second kappa shape index (κ2) is 4.70. The van der Waals surface area contributed by atoms with Crippen LogP contribution in [0.4, 0.5) is 8.78 Å². The molecule has 1 aromatic rings. The Morgan fingerprint density at radius 3 is 2.53 bits per heavy atom. The lowest BCUT2D eigenvalue weighted by Crippen LogP contribution is -2.45. The molecular formula is C11H13F2NO2S. The van der Waals surface area contributed by atoms with E-state index in [-0.39, 0.29) is 23.0 Å². The standard InChI is InChI=1S/C11H13F2NO2S/c12-10-2-1-9(11(13)3-10)7-17(15,16)6-8-4-14-5-8/h1-3,8,14H,4-7H2. The van der Waals surface area contributed by atoms with Gasteiger partial charge in [-0.05, 0) is 12.0 Å². The Morgan fingerprint density at radius 2 is 2.00 bits per heavy atom. The Bertz CT molecular complexity index is 512. The highest BCUT2D eigenvalue weighted by molar-refractivity contribution is 7.90. The Labute approximate surface area is 98.8 Å². The predicted molar refractivity (Wildman–Crippen MR) is 60.2 cm³/mol. The van der Waals surface area contributed by atoms with E-state index in [1.54, 1.807) is 0 Å². The van der Waals surface area contributed by atoms with Crippen molar-refractivity contribution in [2.24, 2.45) is 5.92 Å². The second-order valence-corrected chi connectivity index (χ2v) is 6.42. The van der Waals surface area contributed by atoms with Gasteiger partial charge in [-0.1, -0.05) is 6.07 Å². The van der Waals surface area contributed by atoms with Gasteiger partial charge in [0.1, 0.15) is 11.6 Å². The van der Waals surface area contributed by atoms with Crippen LogP contribution in [0.15, 0.2) is 18.2 Å². The molecular weight excluding hydrogens is 248 g/mol. The zero-order valence-electron chi connectivity index (χ0n) is 9.12. The van der Waals surface area contributed by atoms with Gasteiger partial charge in [0.05, 0.1) is 11.5 Å². The number of nitrogens with one attached hydrogen (secondary N) is 1. The lowest BCUT2D eigenvalue weighted by molar-refractivity contribution is 0.378. The Balaban J connectivity index is 2.08. The summed E-state index contributed by atoms with van der Waals surface area (Å²) in [4.78, 5) is 0. The number of rotatable bonds is 4. The van der Waals surface area contributed by atoms with Crippen LogP contribution < -0.4 is 5.32 Å². The highest BCUT2D eigenvalue weighted by Crippen LogP contribution is 2.16. The fraction of sp³-hybridized carbons (Fsp3) is 0.455. The molecule has 0 radical (unpaired) electrons. The molecule has 1 aliphatic heterocycles. The molecule has 94 valence electrons. The highest BCUT2D eigenvalue weighted by atomic mass is 32.2. The summed E-state index contributed by atoms with van der Waals surface area (Å²) >= 11 is 0. The molecule has 0 unspecified atom stereocenters. The van der Waals surface area contributed by atoms with Gasteiger partial charge in [0.15, 0.2) is 9.84 Å². The number of hydrogen-bond donors (Lipinski definition) is 1. The van der Waals surface area contributed by atoms with Crippen molar-refractivity contribution in [3.63, 3.8) is 0 Å². The van der Waals surface area contributed by atoms with Gasteiger partial charge in [-0.15, -0.1) is 0 Å². The number of hydrogen-bond acceptors (Lipinski definition) is 3. The molecule has 0 amide bonds. The molecule has 0 saturated carbocycles. The molecule has 3 nitrogen and oxygen atoms in total. The van der Waals surface area contributed by atoms with Crippen molar-refractivity contribution in [1.82, 2.24) is 5.32 Å². The van der Waals surface area contributed by atoms with Crippen molar-refractivity contribution in [3.8, 4) is 0 Å². The quantitative estimate of drug-likeness (QED) is 0.883. The second-order valence-electron chi connectivity index (χ2n) is 4.31. The molecule has 1 heterocycles. The van der Waals surface area contributed by atoms with Crippen LogP contribution in [0.5, 0.6) is 0 Å². The first-order chi connectivity index (χ1) is 7.96. The van der Waals surface area contributed by atoms with E-state index >= 15 is 0 Å². The monoisotopic (exact) mass is 261 g/mol. The average molecular weight is 261 g/mol. The van der Waals surface area contributed by atoms with E-state index in [1.807, 2.05) is 0 Å². The first kappa shape index (κ1) is 12.4. The molecule has 0 bridgehead atoms. The summed E-state index contributed by atoms with van der Waals surface area (Å²) in [7, 11) is -3.33. The number of sulfone groups is 1. The van der Waals surface area contributed by atoms with E-state index in [4.69, 9.17) is 0 Å². The third-order valence-electron chi connectivity index (χ3n) is 2.75. The minimum absolute atomic E-state index is 0.0266. The van der Waals surface area contributed by atoms with Crippen LogP contribution in [0.25, 0.3) is 0 Å². The van der Waals surface area contributed by atoms with Gasteiger partial charge in [0.2, 0.25) is 0 Å². The molecule has 17 heavy (non-hydrogen) atoms. The van der Waals surface area contributed by atoms with E-state index < -0.39 is 21.5 Å². The summed E-state index contributed by atoms with van der Waals surface area (Å²) < 4.78 is 49.5. The van der Waals surface area contributed by atoms with Gasteiger partial charge >= 0.3 is 0 Å². The normalized spacial score (nSPS) is 16.8. The predicted octanol–water partition coefficient (Wildman–Crippen LogP) is 1.10. The van der Waals surface area contributed by atoms with Crippen LogP contribution >= 0.6 is 0 Å². The molecule has 1 N–H and O–H groups in total. The topological polar surface area (TPSA) is 46.2 Å². The largest absolute Gasteiger partial charge is 0.316 e. The van der Waals surface area contributed by atoms with Gasteiger partial charge in [-0.3, -0.25) is 0 Å². The van der Waals surface area contributed by atoms with E-state index in [2.05, 4.69) is 5.32 Å². The molecule has 1 aliphatic rings. The van der Waals surface area contributed by atoms with E-state index in [0.717, 1.165) is 6.07 Å². The first-order valence-corrected chi connectivity index (χ1v) is 7.13. The Morgan fingerprint density at radius 1 is 1.29 bits per heavy atom. The Kier molecular flexibility index (Phi) is 3.44. The first-order valence-electron chi connectivity index (χ1n) is 5.31. The summed E-state index contributed by atoms with van der Waals surface area (Å²) in [5, 5.41) is 2.98. The van der Waals surface area contributed by atoms with Crippen molar-refractivity contribution in [1.29, 1.82) is 0 Å². The van der Waals surface area contributed by atoms with Crippen LogP contribution in [0.1, 0.15) is 5.56 Å². The van der Waals surface area contributed by atoms with Gasteiger partial charge in [0, 0.05) is 24.7 Å². The molecule has 6 heteroatoms. The van der Waals surface area contributed by atoms with E-state index in [9.17, 15) is 17.2 Å². The van der Waals surface area contributed by atoms with Gasteiger partial charge in [0.25, 0.3) is 0 Å². The molecule has 0 aliphatic carbocycles. The fourth-order valence-electron chi connectivity index (χ4n) is 1.76. The van der Waals surface area contributed by atoms with Gasteiger partial charge < -0.3 is 5.32 Å². The van der Waals surface area contributed by atoms with E-state index in [1.165, 1.54) is 6.07 Å². The molecule has 1 saturated heterocycles.